The predicted molar refractivity (Wildman–Crippen MR) is 82.9 cm³/mol. The van der Waals surface area contributed by atoms with Gasteiger partial charge in [-0.3, -0.25) is 10.1 Å². The number of anilines is 1. The Morgan fingerprint density at radius 3 is 2.81 bits per heavy atom. The zero-order valence-corrected chi connectivity index (χ0v) is 12.2. The van der Waals surface area contributed by atoms with Crippen LogP contribution in [0, 0.1) is 10.1 Å². The van der Waals surface area contributed by atoms with Gasteiger partial charge in [0.25, 0.3) is 0 Å². The first-order chi connectivity index (χ1) is 10.2. The molecule has 1 aromatic heterocycles. The van der Waals surface area contributed by atoms with Gasteiger partial charge < -0.3 is 10.6 Å². The summed E-state index contributed by atoms with van der Waals surface area (Å²) in [5, 5.41) is 18.4. The molecule has 1 aromatic carbocycles. The quantitative estimate of drug-likeness (QED) is 0.673. The monoisotopic (exact) mass is 304 g/mol. The summed E-state index contributed by atoms with van der Waals surface area (Å²) in [7, 11) is 0. The Balaban J connectivity index is 1.66. The molecule has 0 radical (unpaired) electrons. The minimum Gasteiger partial charge on any atom is -0.377 e. The Hall–Kier alpha value is -1.73. The number of fused-ring (bicyclic) bond motifs is 3. The van der Waals surface area contributed by atoms with Gasteiger partial charge in [-0.2, -0.15) is 0 Å². The molecule has 2 aliphatic heterocycles. The third-order valence-electron chi connectivity index (χ3n) is 4.49. The Kier molecular flexibility index (Phi) is 3.04. The molecule has 2 atom stereocenters. The maximum atomic E-state index is 11.4. The first-order valence-electron chi connectivity index (χ1n) is 7.24. The van der Waals surface area contributed by atoms with Gasteiger partial charge in [0.05, 0.1) is 15.1 Å². The van der Waals surface area contributed by atoms with Gasteiger partial charge in [0.2, 0.25) is 0 Å². The van der Waals surface area contributed by atoms with E-state index in [4.69, 9.17) is 0 Å². The number of nitro benzene ring substituents is 1. The molecule has 21 heavy (non-hydrogen) atoms. The van der Waals surface area contributed by atoms with Crippen LogP contribution in [0.1, 0.15) is 25.7 Å². The maximum Gasteiger partial charge on any atom is 0.319 e. The minimum atomic E-state index is -0.319. The van der Waals surface area contributed by atoms with Gasteiger partial charge >= 0.3 is 5.69 Å². The van der Waals surface area contributed by atoms with E-state index < -0.39 is 0 Å². The Bertz CT molecular complexity index is 689. The zero-order chi connectivity index (χ0) is 14.4. The Morgan fingerprint density at radius 1 is 1.33 bits per heavy atom. The van der Waals surface area contributed by atoms with Crippen LogP contribution in [0.25, 0.3) is 10.2 Å². The molecule has 4 rings (SSSR count). The molecule has 2 aromatic rings. The number of aromatic nitrogens is 1. The highest BCUT2D eigenvalue weighted by Crippen LogP contribution is 2.36. The number of hydrogen-bond acceptors (Lipinski definition) is 6. The molecular formula is C14H16N4O2S. The standard InChI is InChI=1S/C14H16N4O2S/c19-18(20)14-11(3-4-12-13(14)15-7-21-12)17-10-5-8-1-2-9(6-10)16-8/h3-4,7-10,16-17H,1-2,5-6H2. The van der Waals surface area contributed by atoms with Crippen LogP contribution in [0.4, 0.5) is 11.4 Å². The lowest BCUT2D eigenvalue weighted by Crippen LogP contribution is -2.43. The summed E-state index contributed by atoms with van der Waals surface area (Å²) in [6.45, 7) is 0. The molecule has 0 spiro atoms. The van der Waals surface area contributed by atoms with Gasteiger partial charge in [-0.25, -0.2) is 4.98 Å². The van der Waals surface area contributed by atoms with Crippen LogP contribution in [0.5, 0.6) is 0 Å². The van der Waals surface area contributed by atoms with Crippen molar-refractivity contribution in [3.05, 3.63) is 27.8 Å². The first kappa shape index (κ1) is 13.0. The van der Waals surface area contributed by atoms with E-state index in [1.54, 1.807) is 5.51 Å². The molecule has 2 unspecified atom stereocenters. The lowest BCUT2D eigenvalue weighted by Gasteiger charge is -2.30. The van der Waals surface area contributed by atoms with Gasteiger partial charge in [0, 0.05) is 18.1 Å². The van der Waals surface area contributed by atoms with Gasteiger partial charge in [-0.05, 0) is 37.8 Å². The largest absolute Gasteiger partial charge is 0.377 e. The molecule has 7 heteroatoms. The fraction of sp³-hybridized carbons (Fsp3) is 0.500. The molecule has 2 fully saturated rings. The molecule has 2 saturated heterocycles. The highest BCUT2D eigenvalue weighted by atomic mass is 32.1. The number of thiazole rings is 1. The van der Waals surface area contributed by atoms with E-state index in [9.17, 15) is 10.1 Å². The molecular weight excluding hydrogens is 288 g/mol. The summed E-state index contributed by atoms with van der Waals surface area (Å²) < 4.78 is 0.859. The minimum absolute atomic E-state index is 0.111. The van der Waals surface area contributed by atoms with Crippen molar-refractivity contribution in [3.8, 4) is 0 Å². The van der Waals surface area contributed by atoms with E-state index in [1.807, 2.05) is 12.1 Å². The first-order valence-corrected chi connectivity index (χ1v) is 8.12. The zero-order valence-electron chi connectivity index (χ0n) is 11.4. The van der Waals surface area contributed by atoms with Crippen molar-refractivity contribution in [2.45, 2.75) is 43.8 Å². The lowest BCUT2D eigenvalue weighted by atomic mass is 9.99. The summed E-state index contributed by atoms with van der Waals surface area (Å²) in [4.78, 5) is 15.3. The summed E-state index contributed by atoms with van der Waals surface area (Å²) in [5.74, 6) is 0. The van der Waals surface area contributed by atoms with Crippen LogP contribution in [0.15, 0.2) is 17.6 Å². The molecule has 110 valence electrons. The number of piperidine rings is 1. The van der Waals surface area contributed by atoms with Crippen LogP contribution in [0.3, 0.4) is 0 Å². The van der Waals surface area contributed by atoms with Crippen molar-refractivity contribution in [2.24, 2.45) is 0 Å². The molecule has 0 aliphatic carbocycles. The number of hydrogen-bond donors (Lipinski definition) is 2. The Labute approximate surface area is 125 Å². The van der Waals surface area contributed by atoms with Gasteiger partial charge in [0.1, 0.15) is 5.69 Å². The van der Waals surface area contributed by atoms with E-state index in [-0.39, 0.29) is 10.6 Å². The maximum absolute atomic E-state index is 11.4. The van der Waals surface area contributed by atoms with Crippen LogP contribution in [-0.2, 0) is 0 Å². The number of benzene rings is 1. The normalized spacial score (nSPS) is 27.9. The fourth-order valence-corrected chi connectivity index (χ4v) is 4.29. The second-order valence-electron chi connectivity index (χ2n) is 5.87. The van der Waals surface area contributed by atoms with Gasteiger partial charge in [0.15, 0.2) is 5.52 Å². The van der Waals surface area contributed by atoms with E-state index in [1.165, 1.54) is 24.2 Å². The average molecular weight is 304 g/mol. The number of rotatable bonds is 3. The fourth-order valence-electron chi connectivity index (χ4n) is 3.61. The number of nitro groups is 1. The van der Waals surface area contributed by atoms with Crippen molar-refractivity contribution >= 4 is 32.9 Å². The highest BCUT2D eigenvalue weighted by molar-refractivity contribution is 7.16. The molecule has 2 bridgehead atoms. The summed E-state index contributed by atoms with van der Waals surface area (Å²) in [6, 6.07) is 5.16. The summed E-state index contributed by atoms with van der Waals surface area (Å²) in [6.07, 6.45) is 4.50. The molecule has 0 saturated carbocycles. The topological polar surface area (TPSA) is 80.1 Å². The van der Waals surface area contributed by atoms with E-state index >= 15 is 0 Å². The number of nitrogens with one attached hydrogen (secondary N) is 2. The van der Waals surface area contributed by atoms with Crippen molar-refractivity contribution in [3.63, 3.8) is 0 Å². The predicted octanol–water partition coefficient (Wildman–Crippen LogP) is 2.90. The van der Waals surface area contributed by atoms with E-state index in [2.05, 4.69) is 15.6 Å². The van der Waals surface area contributed by atoms with Gasteiger partial charge in [-0.1, -0.05) is 0 Å². The van der Waals surface area contributed by atoms with Crippen LogP contribution < -0.4 is 10.6 Å². The molecule has 0 amide bonds. The molecule has 3 heterocycles. The second-order valence-corrected chi connectivity index (χ2v) is 6.75. The highest BCUT2D eigenvalue weighted by Gasteiger charge is 2.34. The van der Waals surface area contributed by atoms with Crippen molar-refractivity contribution < 1.29 is 4.92 Å². The third-order valence-corrected chi connectivity index (χ3v) is 5.29. The summed E-state index contributed by atoms with van der Waals surface area (Å²) >= 11 is 1.43. The molecule has 2 N–H and O–H groups in total. The van der Waals surface area contributed by atoms with Crippen molar-refractivity contribution in [1.29, 1.82) is 0 Å². The van der Waals surface area contributed by atoms with Crippen LogP contribution >= 0.6 is 11.3 Å². The lowest BCUT2D eigenvalue weighted by molar-refractivity contribution is -0.382. The van der Waals surface area contributed by atoms with E-state index in [0.29, 0.717) is 29.3 Å². The SMILES string of the molecule is O=[N+]([O-])c1c(NC2CC3CCC(C2)N3)ccc2scnc12. The second kappa shape index (κ2) is 4.92. The van der Waals surface area contributed by atoms with Gasteiger partial charge in [-0.15, -0.1) is 11.3 Å². The average Bonchev–Trinajstić information content (AvgIpc) is 3.04. The third kappa shape index (κ3) is 2.26. The molecule has 6 nitrogen and oxygen atoms in total. The smallest absolute Gasteiger partial charge is 0.319 e. The summed E-state index contributed by atoms with van der Waals surface area (Å²) in [5.41, 5.74) is 2.86. The van der Waals surface area contributed by atoms with Crippen LogP contribution in [0.2, 0.25) is 0 Å². The van der Waals surface area contributed by atoms with Crippen LogP contribution in [-0.4, -0.2) is 28.0 Å². The van der Waals surface area contributed by atoms with E-state index in [0.717, 1.165) is 17.5 Å². The Morgan fingerprint density at radius 2 is 2.10 bits per heavy atom. The van der Waals surface area contributed by atoms with Crippen molar-refractivity contribution in [2.75, 3.05) is 5.32 Å². The van der Waals surface area contributed by atoms with Crippen molar-refractivity contribution in [1.82, 2.24) is 10.3 Å². The molecule has 2 aliphatic rings. The number of nitrogens with zero attached hydrogens (tertiary/aromatic N) is 2.